The summed E-state index contributed by atoms with van der Waals surface area (Å²) < 4.78 is 5.17. The molecular formula is C16H23ClZr. The van der Waals surface area contributed by atoms with E-state index >= 15 is 0 Å². The van der Waals surface area contributed by atoms with Crippen LogP contribution in [0.2, 0.25) is 4.13 Å². The molecule has 2 aliphatic carbocycles. The first-order valence-corrected chi connectivity index (χ1v) is 10.9. The fourth-order valence-corrected chi connectivity index (χ4v) is 10.8. The van der Waals surface area contributed by atoms with Crippen molar-refractivity contribution in [2.45, 2.75) is 51.6 Å². The minimum atomic E-state index is -1.49. The van der Waals surface area contributed by atoms with Crippen LogP contribution in [0.15, 0.2) is 41.0 Å². The molecule has 0 radical (unpaired) electrons. The molecule has 0 heterocycles. The molecule has 0 spiro atoms. The Hall–Kier alpha value is 0.133. The predicted molar refractivity (Wildman–Crippen MR) is 72.6 cm³/mol. The Bertz CT molecular complexity index is 421. The monoisotopic (exact) mass is 340 g/mol. The fourth-order valence-electron chi connectivity index (χ4n) is 2.91. The smallest absolute Gasteiger partial charge is 1.00 e. The molecule has 2 rings (SSSR count). The van der Waals surface area contributed by atoms with Gasteiger partial charge in [0.25, 0.3) is 0 Å². The van der Waals surface area contributed by atoms with Gasteiger partial charge in [0.2, 0.25) is 0 Å². The molecule has 0 saturated heterocycles. The van der Waals surface area contributed by atoms with Gasteiger partial charge in [0.1, 0.15) is 0 Å². The fraction of sp³-hybridized carbons (Fsp3) is 0.500. The van der Waals surface area contributed by atoms with E-state index in [0.29, 0.717) is 0 Å². The summed E-state index contributed by atoms with van der Waals surface area (Å²) in [6.07, 6.45) is 7.39. The molecule has 2 aliphatic rings. The van der Waals surface area contributed by atoms with Gasteiger partial charge in [-0.1, -0.05) is 0 Å². The van der Waals surface area contributed by atoms with Crippen molar-refractivity contribution in [3.8, 4) is 0 Å². The Labute approximate surface area is 126 Å². The molecule has 0 N–H and O–H groups in total. The largest absolute Gasteiger partial charge is 1.00 e. The van der Waals surface area contributed by atoms with Crippen LogP contribution in [0, 0.1) is 0 Å². The molecule has 0 aromatic rings. The van der Waals surface area contributed by atoms with Crippen molar-refractivity contribution in [1.82, 2.24) is 0 Å². The standard InChI is InChI=1S/2C7H9.C2H5.ClH.Zr/c2*1-6-4-3-5-7(6)2;1-2;;/h2*4H,3H2,1-2H3;1H2,2H3;1H;/q;;;;+1/p-1. The Morgan fingerprint density at radius 3 is 1.50 bits per heavy atom. The summed E-state index contributed by atoms with van der Waals surface area (Å²) in [7, 11) is 0. The van der Waals surface area contributed by atoms with Crippen molar-refractivity contribution in [3.63, 3.8) is 0 Å². The molecule has 0 nitrogen and oxygen atoms in total. The van der Waals surface area contributed by atoms with Crippen LogP contribution in [0.1, 0.15) is 47.5 Å². The van der Waals surface area contributed by atoms with Gasteiger partial charge in [-0.3, -0.25) is 0 Å². The second-order valence-corrected chi connectivity index (χ2v) is 12.3. The van der Waals surface area contributed by atoms with E-state index in [-0.39, 0.29) is 12.4 Å². The minimum absolute atomic E-state index is 0. The maximum Gasteiger partial charge on any atom is -1.00 e. The van der Waals surface area contributed by atoms with E-state index in [0.717, 1.165) is 0 Å². The van der Waals surface area contributed by atoms with E-state index in [9.17, 15) is 0 Å². The number of allylic oxidation sites excluding steroid dienone is 8. The Morgan fingerprint density at radius 2 is 1.28 bits per heavy atom. The van der Waals surface area contributed by atoms with Crippen molar-refractivity contribution in [2.75, 3.05) is 0 Å². The summed E-state index contributed by atoms with van der Waals surface area (Å²) in [5.41, 5.74) is 6.33. The maximum absolute atomic E-state index is 2.44. The van der Waals surface area contributed by atoms with Gasteiger partial charge in [-0.2, -0.15) is 0 Å². The molecule has 18 heavy (non-hydrogen) atoms. The molecule has 0 unspecified atom stereocenters. The van der Waals surface area contributed by atoms with Crippen LogP contribution in [-0.4, -0.2) is 0 Å². The number of rotatable bonds is 3. The molecule has 0 aliphatic heterocycles. The maximum atomic E-state index is 2.44. The van der Waals surface area contributed by atoms with Gasteiger partial charge in [-0.15, -0.1) is 0 Å². The first-order valence-electron chi connectivity index (χ1n) is 6.66. The second kappa shape index (κ2) is 6.53. The average Bonchev–Trinajstić information content (AvgIpc) is 2.80. The Morgan fingerprint density at radius 1 is 0.889 bits per heavy atom. The first-order chi connectivity index (χ1) is 8.06. The molecule has 98 valence electrons. The molecule has 0 amide bonds. The third-order valence-corrected chi connectivity index (χ3v) is 12.6. The third-order valence-electron chi connectivity index (χ3n) is 4.40. The molecule has 0 aromatic heterocycles. The molecule has 0 bridgehead atoms. The van der Waals surface area contributed by atoms with E-state index in [2.05, 4.69) is 46.8 Å². The normalized spacial score (nSPS) is 18.9. The van der Waals surface area contributed by atoms with Gasteiger partial charge in [0, 0.05) is 0 Å². The minimum Gasteiger partial charge on any atom is -1.00 e. The summed E-state index contributed by atoms with van der Waals surface area (Å²) in [5, 5.41) is 0. The van der Waals surface area contributed by atoms with Crippen molar-refractivity contribution in [1.29, 1.82) is 0 Å². The molecule has 0 fully saturated rings. The van der Waals surface area contributed by atoms with Gasteiger partial charge >= 0.3 is 114 Å². The topological polar surface area (TPSA) is 0 Å². The van der Waals surface area contributed by atoms with Crippen molar-refractivity contribution in [2.24, 2.45) is 0 Å². The third kappa shape index (κ3) is 2.83. The number of hydrogen-bond acceptors (Lipinski definition) is 0. The Kier molecular flexibility index (Phi) is 5.87. The SMILES string of the molecule is C[CH2][Zr+]([C]1=C(C)C(C)=CC1)[C]1=C(C)C(C)=CC1.[Cl-]. The first kappa shape index (κ1) is 16.2. The van der Waals surface area contributed by atoms with Crippen molar-refractivity contribution < 1.29 is 34.2 Å². The number of hydrogen-bond donors (Lipinski definition) is 0. The zero-order chi connectivity index (χ0) is 12.6. The number of halogens is 1. The second-order valence-electron chi connectivity index (χ2n) is 5.22. The van der Waals surface area contributed by atoms with Crippen LogP contribution in [0.3, 0.4) is 0 Å². The average molecular weight is 342 g/mol. The summed E-state index contributed by atoms with van der Waals surface area (Å²) in [5.74, 6) is 0. The van der Waals surface area contributed by atoms with Crippen LogP contribution >= 0.6 is 0 Å². The van der Waals surface area contributed by atoms with Crippen LogP contribution in [0.4, 0.5) is 0 Å². The van der Waals surface area contributed by atoms with Crippen LogP contribution in [-0.2, 0) is 21.8 Å². The van der Waals surface area contributed by atoms with Gasteiger partial charge in [0.05, 0.1) is 0 Å². The van der Waals surface area contributed by atoms with Gasteiger partial charge in [0.15, 0.2) is 0 Å². The van der Waals surface area contributed by atoms with Crippen molar-refractivity contribution >= 4 is 0 Å². The van der Waals surface area contributed by atoms with Crippen LogP contribution < -0.4 is 12.4 Å². The zero-order valence-corrected chi connectivity index (χ0v) is 15.4. The molecule has 0 aromatic carbocycles. The van der Waals surface area contributed by atoms with Crippen molar-refractivity contribution in [3.05, 3.63) is 41.0 Å². The summed E-state index contributed by atoms with van der Waals surface area (Å²) >= 11 is -1.49. The van der Waals surface area contributed by atoms with E-state index in [1.54, 1.807) is 11.1 Å². The predicted octanol–water partition coefficient (Wildman–Crippen LogP) is 2.29. The van der Waals surface area contributed by atoms with Crippen LogP contribution in [0.25, 0.3) is 0 Å². The van der Waals surface area contributed by atoms with E-state index < -0.39 is 21.8 Å². The Balaban J connectivity index is 0.00000162. The summed E-state index contributed by atoms with van der Waals surface area (Å²) in [6.45, 7) is 11.7. The van der Waals surface area contributed by atoms with Gasteiger partial charge in [-0.05, 0) is 0 Å². The van der Waals surface area contributed by atoms with E-state index in [4.69, 9.17) is 0 Å². The van der Waals surface area contributed by atoms with E-state index in [1.807, 2.05) is 6.56 Å². The molecular weight excluding hydrogens is 319 g/mol. The molecule has 0 atom stereocenters. The van der Waals surface area contributed by atoms with E-state index in [1.165, 1.54) is 28.1 Å². The zero-order valence-electron chi connectivity index (χ0n) is 12.2. The summed E-state index contributed by atoms with van der Waals surface area (Å²) in [6, 6.07) is 0. The summed E-state index contributed by atoms with van der Waals surface area (Å²) in [4.78, 5) is 0. The molecule has 2 heteroatoms. The quantitative estimate of drug-likeness (QED) is 0.739. The van der Waals surface area contributed by atoms with Crippen LogP contribution in [0.5, 0.6) is 0 Å². The van der Waals surface area contributed by atoms with Gasteiger partial charge < -0.3 is 12.4 Å². The molecule has 0 saturated carbocycles. The van der Waals surface area contributed by atoms with Gasteiger partial charge in [-0.25, -0.2) is 0 Å².